The molecule has 5 nitrogen and oxygen atoms in total. The highest BCUT2D eigenvalue weighted by atomic mass is 32.2. The first-order valence-corrected chi connectivity index (χ1v) is 7.94. The third-order valence-corrected chi connectivity index (χ3v) is 4.73. The fraction of sp³-hybridized carbons (Fsp3) is 0.538. The van der Waals surface area contributed by atoms with Crippen molar-refractivity contribution in [1.29, 1.82) is 0 Å². The van der Waals surface area contributed by atoms with Gasteiger partial charge >= 0.3 is 0 Å². The number of nitrogens with zero attached hydrogens (tertiary/aromatic N) is 1. The minimum atomic E-state index is -3.40. The summed E-state index contributed by atoms with van der Waals surface area (Å²) in [5.74, 6) is 0. The van der Waals surface area contributed by atoms with Crippen molar-refractivity contribution in [2.45, 2.75) is 17.9 Å². The normalized spacial score (nSPS) is 19.2. The molecule has 6 heteroatoms. The Kier molecular flexibility index (Phi) is 4.93. The Morgan fingerprint density at radius 3 is 2.53 bits per heavy atom. The lowest BCUT2D eigenvalue weighted by atomic mass is 10.2. The minimum Gasteiger partial charge on any atom is -0.379 e. The van der Waals surface area contributed by atoms with Crippen LogP contribution in [0.5, 0.6) is 0 Å². The Labute approximate surface area is 114 Å². The second-order valence-corrected chi connectivity index (χ2v) is 6.43. The fourth-order valence-electron chi connectivity index (χ4n) is 2.06. The van der Waals surface area contributed by atoms with E-state index in [0.29, 0.717) is 11.4 Å². The zero-order valence-corrected chi connectivity index (χ0v) is 11.9. The lowest BCUT2D eigenvalue weighted by Crippen LogP contribution is -2.47. The second kappa shape index (κ2) is 6.47. The van der Waals surface area contributed by atoms with E-state index in [1.54, 1.807) is 30.3 Å². The van der Waals surface area contributed by atoms with Crippen LogP contribution in [0.2, 0.25) is 0 Å². The molecule has 0 amide bonds. The molecule has 0 unspecified atom stereocenters. The standard InChI is InChI=1S/C13H20N2O3S/c1-12(15-7-9-18-10-8-15)11-14-19(16,17)13-5-3-2-4-6-13/h2-6,12,14H,7-11H2,1H3/t12-/m1/s1. The van der Waals surface area contributed by atoms with Crippen LogP contribution in [0.15, 0.2) is 35.2 Å². The maximum Gasteiger partial charge on any atom is 0.240 e. The molecule has 1 aliphatic rings. The maximum absolute atomic E-state index is 12.1. The molecule has 2 rings (SSSR count). The minimum absolute atomic E-state index is 0.169. The quantitative estimate of drug-likeness (QED) is 0.864. The van der Waals surface area contributed by atoms with E-state index in [0.717, 1.165) is 26.3 Å². The third-order valence-electron chi connectivity index (χ3n) is 3.29. The Morgan fingerprint density at radius 1 is 1.26 bits per heavy atom. The van der Waals surface area contributed by atoms with Crippen LogP contribution >= 0.6 is 0 Å². The van der Waals surface area contributed by atoms with Gasteiger partial charge in [-0.3, -0.25) is 4.90 Å². The number of hydrogen-bond donors (Lipinski definition) is 1. The van der Waals surface area contributed by atoms with Crippen LogP contribution in [0.25, 0.3) is 0 Å². The highest BCUT2D eigenvalue weighted by Crippen LogP contribution is 2.08. The summed E-state index contributed by atoms with van der Waals surface area (Å²) in [6.07, 6.45) is 0. The zero-order valence-electron chi connectivity index (χ0n) is 11.1. The van der Waals surface area contributed by atoms with E-state index in [9.17, 15) is 8.42 Å². The van der Waals surface area contributed by atoms with Gasteiger partial charge in [0.05, 0.1) is 18.1 Å². The van der Waals surface area contributed by atoms with Crippen LogP contribution in [0, 0.1) is 0 Å². The summed E-state index contributed by atoms with van der Waals surface area (Å²) in [5.41, 5.74) is 0. The van der Waals surface area contributed by atoms with Crippen molar-refractivity contribution in [3.63, 3.8) is 0 Å². The molecular formula is C13H20N2O3S. The molecule has 1 heterocycles. The van der Waals surface area contributed by atoms with E-state index >= 15 is 0 Å². The number of hydrogen-bond acceptors (Lipinski definition) is 4. The summed E-state index contributed by atoms with van der Waals surface area (Å²) in [7, 11) is -3.40. The number of sulfonamides is 1. The summed E-state index contributed by atoms with van der Waals surface area (Å²) in [6.45, 7) is 5.59. The molecule has 1 aromatic carbocycles. The first-order chi connectivity index (χ1) is 9.09. The van der Waals surface area contributed by atoms with E-state index in [4.69, 9.17) is 4.74 Å². The van der Waals surface area contributed by atoms with Gasteiger partial charge in [-0.2, -0.15) is 0 Å². The zero-order chi connectivity index (χ0) is 13.7. The van der Waals surface area contributed by atoms with Crippen LogP contribution in [0.1, 0.15) is 6.92 Å². The van der Waals surface area contributed by atoms with Crippen LogP contribution in [0.4, 0.5) is 0 Å². The highest BCUT2D eigenvalue weighted by molar-refractivity contribution is 7.89. The first kappa shape index (κ1) is 14.5. The number of benzene rings is 1. The summed E-state index contributed by atoms with van der Waals surface area (Å²) in [4.78, 5) is 2.54. The molecule has 1 saturated heterocycles. The van der Waals surface area contributed by atoms with Crippen molar-refractivity contribution in [1.82, 2.24) is 9.62 Å². The monoisotopic (exact) mass is 284 g/mol. The van der Waals surface area contributed by atoms with Gasteiger partial charge in [-0.25, -0.2) is 13.1 Å². The van der Waals surface area contributed by atoms with Crippen molar-refractivity contribution in [2.24, 2.45) is 0 Å². The van der Waals surface area contributed by atoms with E-state index in [2.05, 4.69) is 9.62 Å². The molecule has 19 heavy (non-hydrogen) atoms. The van der Waals surface area contributed by atoms with Crippen LogP contribution in [-0.2, 0) is 14.8 Å². The number of morpholine rings is 1. The molecule has 0 radical (unpaired) electrons. The van der Waals surface area contributed by atoms with Gasteiger partial charge in [-0.1, -0.05) is 18.2 Å². The Bertz CT molecular complexity index is 484. The molecule has 106 valence electrons. The topological polar surface area (TPSA) is 58.6 Å². The number of ether oxygens (including phenoxy) is 1. The highest BCUT2D eigenvalue weighted by Gasteiger charge is 2.20. The van der Waals surface area contributed by atoms with Crippen LogP contribution in [-0.4, -0.2) is 52.2 Å². The van der Waals surface area contributed by atoms with Crippen molar-refractivity contribution < 1.29 is 13.2 Å². The van der Waals surface area contributed by atoms with Gasteiger partial charge in [0.2, 0.25) is 10.0 Å². The summed E-state index contributed by atoms with van der Waals surface area (Å²) < 4.78 is 32.1. The molecule has 1 aromatic rings. The van der Waals surface area contributed by atoms with Crippen LogP contribution < -0.4 is 4.72 Å². The predicted octanol–water partition coefficient (Wildman–Crippen LogP) is 0.686. The largest absolute Gasteiger partial charge is 0.379 e. The molecule has 0 aromatic heterocycles. The SMILES string of the molecule is C[C@H](CNS(=O)(=O)c1ccccc1)N1CCOCC1. The van der Waals surface area contributed by atoms with E-state index < -0.39 is 10.0 Å². The Morgan fingerprint density at radius 2 is 1.89 bits per heavy atom. The average molecular weight is 284 g/mol. The second-order valence-electron chi connectivity index (χ2n) is 4.66. The Balaban J connectivity index is 1.91. The van der Waals surface area contributed by atoms with E-state index in [1.807, 2.05) is 6.92 Å². The Hall–Kier alpha value is -0.950. The van der Waals surface area contributed by atoms with Gasteiger partial charge in [-0.15, -0.1) is 0 Å². The van der Waals surface area contributed by atoms with Crippen molar-refractivity contribution in [3.8, 4) is 0 Å². The van der Waals surface area contributed by atoms with E-state index in [-0.39, 0.29) is 6.04 Å². The van der Waals surface area contributed by atoms with Gasteiger partial charge in [0.15, 0.2) is 0 Å². The van der Waals surface area contributed by atoms with Crippen LogP contribution in [0.3, 0.4) is 0 Å². The lowest BCUT2D eigenvalue weighted by molar-refractivity contribution is 0.0213. The maximum atomic E-state index is 12.1. The van der Waals surface area contributed by atoms with Gasteiger partial charge in [0, 0.05) is 25.7 Å². The van der Waals surface area contributed by atoms with E-state index in [1.165, 1.54) is 0 Å². The van der Waals surface area contributed by atoms with Crippen molar-refractivity contribution in [3.05, 3.63) is 30.3 Å². The molecule has 1 atom stereocenters. The van der Waals surface area contributed by atoms with Gasteiger partial charge in [0.1, 0.15) is 0 Å². The van der Waals surface area contributed by atoms with Gasteiger partial charge < -0.3 is 4.74 Å². The molecule has 1 N–H and O–H groups in total. The molecule has 0 spiro atoms. The molecule has 1 aliphatic heterocycles. The lowest BCUT2D eigenvalue weighted by Gasteiger charge is -2.32. The summed E-state index contributed by atoms with van der Waals surface area (Å²) in [5, 5.41) is 0. The van der Waals surface area contributed by atoms with Gasteiger partial charge in [-0.05, 0) is 19.1 Å². The van der Waals surface area contributed by atoms with Crippen molar-refractivity contribution >= 4 is 10.0 Å². The van der Waals surface area contributed by atoms with Gasteiger partial charge in [0.25, 0.3) is 0 Å². The molecule has 0 aliphatic carbocycles. The number of nitrogens with one attached hydrogen (secondary N) is 1. The predicted molar refractivity (Wildman–Crippen MR) is 73.5 cm³/mol. The van der Waals surface area contributed by atoms with Crippen molar-refractivity contribution in [2.75, 3.05) is 32.8 Å². The molecular weight excluding hydrogens is 264 g/mol. The smallest absolute Gasteiger partial charge is 0.240 e. The molecule has 0 bridgehead atoms. The first-order valence-electron chi connectivity index (χ1n) is 6.46. The third kappa shape index (κ3) is 4.01. The summed E-state index contributed by atoms with van der Waals surface area (Å²) in [6, 6.07) is 8.61. The average Bonchev–Trinajstić information content (AvgIpc) is 2.47. The fourth-order valence-corrected chi connectivity index (χ4v) is 3.20. The summed E-state index contributed by atoms with van der Waals surface area (Å²) >= 11 is 0. The number of rotatable bonds is 5. The molecule has 0 saturated carbocycles. The molecule has 1 fully saturated rings.